The first-order chi connectivity index (χ1) is 21.4. The van der Waals surface area contributed by atoms with Crippen molar-refractivity contribution in [2.75, 3.05) is 27.9 Å². The van der Waals surface area contributed by atoms with Crippen LogP contribution in [0.1, 0.15) is 81.5 Å². The summed E-state index contributed by atoms with van der Waals surface area (Å²) in [6, 6.07) is 6.51. The smallest absolute Gasteiger partial charge is 0.338 e. The molecule has 254 valence electrons. The fourth-order valence-corrected chi connectivity index (χ4v) is 5.90. The van der Waals surface area contributed by atoms with Gasteiger partial charge < -0.3 is 28.1 Å². The molecule has 12 heteroatoms. The quantitative estimate of drug-likeness (QED) is 0.124. The molecule has 0 aliphatic carbocycles. The molecule has 0 aliphatic heterocycles. The maximum absolute atomic E-state index is 13.4. The van der Waals surface area contributed by atoms with Crippen LogP contribution >= 0.6 is 11.6 Å². The van der Waals surface area contributed by atoms with Gasteiger partial charge in [0.1, 0.15) is 11.7 Å². The van der Waals surface area contributed by atoms with E-state index in [1.807, 2.05) is 20.8 Å². The second kappa shape index (κ2) is 15.1. The predicted molar refractivity (Wildman–Crippen MR) is 182 cm³/mol. The van der Waals surface area contributed by atoms with Gasteiger partial charge in [-0.1, -0.05) is 32.4 Å². The van der Waals surface area contributed by atoms with Crippen molar-refractivity contribution in [2.45, 2.75) is 97.2 Å². The van der Waals surface area contributed by atoms with Gasteiger partial charge in [-0.2, -0.15) is 5.10 Å². The number of carbonyl (C=O) groups is 2. The molecule has 0 N–H and O–H groups in total. The lowest BCUT2D eigenvalue weighted by Gasteiger charge is -2.36. The van der Waals surface area contributed by atoms with Crippen molar-refractivity contribution in [2.24, 2.45) is 0 Å². The molecule has 1 heterocycles. The van der Waals surface area contributed by atoms with Gasteiger partial charge in [-0.3, -0.25) is 4.68 Å². The van der Waals surface area contributed by atoms with E-state index >= 15 is 0 Å². The minimum atomic E-state index is -2.00. The van der Waals surface area contributed by atoms with E-state index in [-0.39, 0.29) is 10.6 Å². The molecule has 1 atom stereocenters. The Morgan fingerprint density at radius 1 is 0.891 bits per heavy atom. The van der Waals surface area contributed by atoms with Gasteiger partial charge in [-0.15, -0.1) is 0 Å². The lowest BCUT2D eigenvalue weighted by molar-refractivity contribution is 0.00688. The Kier molecular flexibility index (Phi) is 12.2. The van der Waals surface area contributed by atoms with Gasteiger partial charge >= 0.3 is 11.9 Å². The Hall–Kier alpha value is -3.28. The normalized spacial score (nSPS) is 13.0. The number of fused-ring (bicyclic) bond motifs is 1. The van der Waals surface area contributed by atoms with Crippen molar-refractivity contribution in [3.63, 3.8) is 0 Å². The molecule has 10 nitrogen and oxygen atoms in total. The Labute approximate surface area is 278 Å². The van der Waals surface area contributed by atoms with Crippen molar-refractivity contribution >= 4 is 42.8 Å². The van der Waals surface area contributed by atoms with E-state index in [2.05, 4.69) is 39.0 Å². The molecule has 0 saturated carbocycles. The maximum atomic E-state index is 13.4. The van der Waals surface area contributed by atoms with Crippen LogP contribution in [0, 0.1) is 0 Å². The van der Waals surface area contributed by atoms with Gasteiger partial charge in [-0.25, -0.2) is 9.59 Å². The number of rotatable bonds is 14. The Morgan fingerprint density at radius 3 is 2.04 bits per heavy atom. The number of methoxy groups -OCH3 is 3. The van der Waals surface area contributed by atoms with E-state index in [1.54, 1.807) is 35.1 Å². The van der Waals surface area contributed by atoms with Gasteiger partial charge in [0.05, 0.1) is 49.2 Å². The van der Waals surface area contributed by atoms with Crippen LogP contribution in [0.3, 0.4) is 0 Å². The molecule has 1 unspecified atom stereocenters. The fourth-order valence-electron chi connectivity index (χ4n) is 4.58. The highest BCUT2D eigenvalue weighted by atomic mass is 35.5. The SMILES string of the molecule is COc1cc(C(=O)OC(CCCn2ncc3c(Cl)cc(C(=O)OC(C)(C)C)cc32)CCO[Si](C)(C)C(C)(C)C)cc(OC)c1OC. The largest absolute Gasteiger partial charge is 0.493 e. The highest BCUT2D eigenvalue weighted by Crippen LogP contribution is 2.39. The third kappa shape index (κ3) is 9.39. The standard InChI is InChI=1S/C34H49ClN2O8Si/c1-33(2,3)45-32(39)22-17-26(35)25-21-36-37(27(25)18-22)15-12-13-24(14-16-43-46(10,11)34(4,5)6)44-31(38)23-19-28(40-7)30(42-9)29(20-23)41-8/h17-21,24H,12-16H2,1-11H3. The molecule has 0 aliphatic rings. The van der Waals surface area contributed by atoms with Crippen molar-refractivity contribution in [1.29, 1.82) is 0 Å². The summed E-state index contributed by atoms with van der Waals surface area (Å²) in [5, 5.41) is 5.74. The predicted octanol–water partition coefficient (Wildman–Crippen LogP) is 8.09. The number of benzene rings is 2. The molecule has 46 heavy (non-hydrogen) atoms. The van der Waals surface area contributed by atoms with Gasteiger partial charge in [0.25, 0.3) is 0 Å². The first-order valence-corrected chi connectivity index (χ1v) is 18.7. The number of hydrogen-bond donors (Lipinski definition) is 0. The molecular weight excluding hydrogens is 628 g/mol. The Morgan fingerprint density at radius 2 is 1.50 bits per heavy atom. The molecular formula is C34H49ClN2O8Si. The molecule has 0 bridgehead atoms. The van der Waals surface area contributed by atoms with E-state index in [0.29, 0.717) is 60.2 Å². The molecule has 3 rings (SSSR count). The summed E-state index contributed by atoms with van der Waals surface area (Å²) >= 11 is 6.52. The van der Waals surface area contributed by atoms with Crippen molar-refractivity contribution in [3.8, 4) is 17.2 Å². The first-order valence-electron chi connectivity index (χ1n) is 15.4. The summed E-state index contributed by atoms with van der Waals surface area (Å²) in [6.45, 7) is 17.4. The maximum Gasteiger partial charge on any atom is 0.338 e. The molecule has 0 spiro atoms. The zero-order chi connectivity index (χ0) is 34.4. The van der Waals surface area contributed by atoms with Crippen LogP contribution in [-0.4, -0.2) is 69.7 Å². The molecule has 0 fully saturated rings. The van der Waals surface area contributed by atoms with E-state index in [1.165, 1.54) is 21.3 Å². The average molecular weight is 677 g/mol. The van der Waals surface area contributed by atoms with Crippen LogP contribution in [0.15, 0.2) is 30.5 Å². The number of ether oxygens (including phenoxy) is 5. The zero-order valence-corrected chi connectivity index (χ0v) is 30.8. The molecule has 1 aromatic heterocycles. The summed E-state index contributed by atoms with van der Waals surface area (Å²) < 4.78 is 36.1. The lowest BCUT2D eigenvalue weighted by Crippen LogP contribution is -2.41. The highest BCUT2D eigenvalue weighted by molar-refractivity contribution is 6.74. The van der Waals surface area contributed by atoms with Crippen LogP contribution in [-0.2, 0) is 20.4 Å². The Bertz CT molecular complexity index is 1500. The van der Waals surface area contributed by atoms with Crippen molar-refractivity contribution in [3.05, 3.63) is 46.6 Å². The van der Waals surface area contributed by atoms with Crippen LogP contribution in [0.5, 0.6) is 17.2 Å². The summed E-state index contributed by atoms with van der Waals surface area (Å²) in [7, 11) is 2.49. The minimum absolute atomic E-state index is 0.0515. The molecule has 3 aromatic rings. The monoisotopic (exact) mass is 676 g/mol. The number of carbonyl (C=O) groups excluding carboxylic acids is 2. The van der Waals surface area contributed by atoms with Crippen molar-refractivity contribution in [1.82, 2.24) is 9.78 Å². The topological polar surface area (TPSA) is 107 Å². The second-order valence-corrected chi connectivity index (χ2v) is 19.0. The third-order valence-electron chi connectivity index (χ3n) is 8.13. The van der Waals surface area contributed by atoms with E-state index < -0.39 is 32.0 Å². The number of aryl methyl sites for hydroxylation is 1. The number of esters is 2. The van der Waals surface area contributed by atoms with E-state index in [9.17, 15) is 9.59 Å². The third-order valence-corrected chi connectivity index (χ3v) is 13.0. The van der Waals surface area contributed by atoms with Gasteiger partial charge in [0, 0.05) is 25.0 Å². The van der Waals surface area contributed by atoms with Gasteiger partial charge in [0.15, 0.2) is 19.8 Å². The average Bonchev–Trinajstić information content (AvgIpc) is 3.37. The molecule has 0 radical (unpaired) electrons. The van der Waals surface area contributed by atoms with Gasteiger partial charge in [0.2, 0.25) is 5.75 Å². The number of hydrogen-bond acceptors (Lipinski definition) is 9. The van der Waals surface area contributed by atoms with E-state index in [0.717, 1.165) is 10.9 Å². The molecule has 0 saturated heterocycles. The summed E-state index contributed by atoms with van der Waals surface area (Å²) in [4.78, 5) is 26.2. The van der Waals surface area contributed by atoms with E-state index in [4.69, 9.17) is 39.7 Å². The van der Waals surface area contributed by atoms with Crippen molar-refractivity contribution < 1.29 is 37.7 Å². The minimum Gasteiger partial charge on any atom is -0.493 e. The fraction of sp³-hybridized carbons (Fsp3) is 0.559. The molecule has 0 amide bonds. The summed E-state index contributed by atoms with van der Waals surface area (Å²) in [5.74, 6) is 0.157. The van der Waals surface area contributed by atoms with Crippen LogP contribution in [0.25, 0.3) is 10.9 Å². The molecule has 2 aromatic carbocycles. The number of halogens is 1. The summed E-state index contributed by atoms with van der Waals surface area (Å²) in [5.41, 5.74) is 0.726. The first kappa shape index (κ1) is 37.2. The summed E-state index contributed by atoms with van der Waals surface area (Å²) in [6.07, 6.45) is 2.97. The van der Waals surface area contributed by atoms with Gasteiger partial charge in [-0.05, 0) is 76.0 Å². The second-order valence-electron chi connectivity index (χ2n) is 13.7. The van der Waals surface area contributed by atoms with Crippen LogP contribution in [0.4, 0.5) is 0 Å². The Balaban J connectivity index is 1.81. The number of aromatic nitrogens is 2. The number of nitrogens with zero attached hydrogens (tertiary/aromatic N) is 2. The highest BCUT2D eigenvalue weighted by Gasteiger charge is 2.37. The van der Waals surface area contributed by atoms with Crippen LogP contribution in [0.2, 0.25) is 23.2 Å². The zero-order valence-electron chi connectivity index (χ0n) is 29.0. The van der Waals surface area contributed by atoms with Crippen LogP contribution < -0.4 is 14.2 Å². The lowest BCUT2D eigenvalue weighted by atomic mass is 10.1.